The van der Waals surface area contributed by atoms with E-state index in [0.29, 0.717) is 16.8 Å². The number of piperidine rings is 1. The first-order valence-corrected chi connectivity index (χ1v) is 8.84. The van der Waals surface area contributed by atoms with Crippen LogP contribution in [0.2, 0.25) is 0 Å². The Morgan fingerprint density at radius 1 is 1.44 bits per heavy atom. The Morgan fingerprint density at radius 3 is 3.00 bits per heavy atom. The molecule has 1 spiro atoms. The molecule has 1 unspecified atom stereocenters. The fourth-order valence-corrected chi connectivity index (χ4v) is 5.90. The number of phenolic OH excluding ortho intramolecular Hbond substituents is 1. The first-order valence-electron chi connectivity index (χ1n) is 8.84. The van der Waals surface area contributed by atoms with Crippen molar-refractivity contribution in [3.05, 3.63) is 48.1 Å². The maximum absolute atomic E-state index is 12.7. The maximum atomic E-state index is 12.7. The standard InChI is InChI=1S/C20H21NO4/c1-3-16(24)21(2)9-8-20-12-5-7-15(23)19(20)25-18-14(22)6-4-11(17(18)20)10-13(12)21/h3-7,12-13,15,19,23H,1,8-10H2,2H3/p+1/t12-,13+,15-,19-,20-,21?/m0/s1. The summed E-state index contributed by atoms with van der Waals surface area (Å²) in [5.41, 5.74) is 1.82. The van der Waals surface area contributed by atoms with E-state index >= 15 is 0 Å². The first-order chi connectivity index (χ1) is 11.9. The lowest BCUT2D eigenvalue weighted by Crippen LogP contribution is -2.72. The summed E-state index contributed by atoms with van der Waals surface area (Å²) in [7, 11) is 2.00. The van der Waals surface area contributed by atoms with E-state index in [2.05, 4.69) is 12.7 Å². The first kappa shape index (κ1) is 15.2. The minimum absolute atomic E-state index is 0.0392. The molecule has 2 aliphatic heterocycles. The van der Waals surface area contributed by atoms with E-state index in [4.69, 9.17) is 4.74 Å². The van der Waals surface area contributed by atoms with Crippen molar-refractivity contribution in [1.82, 2.24) is 0 Å². The van der Waals surface area contributed by atoms with Gasteiger partial charge < -0.3 is 14.9 Å². The van der Waals surface area contributed by atoms with Crippen LogP contribution in [0, 0.1) is 5.92 Å². The molecule has 1 fully saturated rings. The fraction of sp³-hybridized carbons (Fsp3) is 0.450. The number of aliphatic hydroxyl groups is 1. The number of aromatic hydroxyl groups is 1. The minimum Gasteiger partial charge on any atom is -0.504 e. The number of hydrogen-bond acceptors (Lipinski definition) is 4. The number of nitrogens with zero attached hydrogens (tertiary/aromatic N) is 1. The lowest BCUT2D eigenvalue weighted by molar-refractivity contribution is -0.870. The molecular weight excluding hydrogens is 318 g/mol. The molecule has 0 saturated carbocycles. The second-order valence-electron chi connectivity index (χ2n) is 7.98. The van der Waals surface area contributed by atoms with Gasteiger partial charge in [-0.3, -0.25) is 4.48 Å². The van der Waals surface area contributed by atoms with Crippen LogP contribution in [0.25, 0.3) is 0 Å². The number of ether oxygens (including phenoxy) is 1. The monoisotopic (exact) mass is 340 g/mol. The number of likely N-dealkylation sites (N-methyl/N-ethyl adjacent to an activating group) is 1. The third-order valence-electron chi connectivity index (χ3n) is 7.11. The van der Waals surface area contributed by atoms with Crippen molar-refractivity contribution >= 4 is 5.91 Å². The van der Waals surface area contributed by atoms with Crippen LogP contribution >= 0.6 is 0 Å². The van der Waals surface area contributed by atoms with Crippen LogP contribution in [-0.4, -0.2) is 52.4 Å². The summed E-state index contributed by atoms with van der Waals surface area (Å²) in [5.74, 6) is 0.799. The summed E-state index contributed by atoms with van der Waals surface area (Å²) in [4.78, 5) is 12.7. The van der Waals surface area contributed by atoms with Crippen LogP contribution in [0.1, 0.15) is 17.5 Å². The number of aliphatic hydroxyl groups excluding tert-OH is 1. The quantitative estimate of drug-likeness (QED) is 0.461. The smallest absolute Gasteiger partial charge is 0.338 e. The molecule has 0 radical (unpaired) electrons. The zero-order valence-corrected chi connectivity index (χ0v) is 14.2. The molecule has 5 nitrogen and oxygen atoms in total. The van der Waals surface area contributed by atoms with Gasteiger partial charge in [-0.05, 0) is 11.6 Å². The third-order valence-corrected chi connectivity index (χ3v) is 7.11. The van der Waals surface area contributed by atoms with E-state index in [1.54, 1.807) is 12.1 Å². The second kappa shape index (κ2) is 4.54. The van der Waals surface area contributed by atoms with Crippen LogP contribution in [0.4, 0.5) is 0 Å². The van der Waals surface area contributed by atoms with Crippen molar-refractivity contribution < 1.29 is 24.2 Å². The van der Waals surface area contributed by atoms with Gasteiger partial charge in [0.05, 0.1) is 19.0 Å². The van der Waals surface area contributed by atoms with Gasteiger partial charge in [0, 0.05) is 30.4 Å². The Labute approximate surface area is 146 Å². The predicted octanol–water partition coefficient (Wildman–Crippen LogP) is 1.43. The van der Waals surface area contributed by atoms with Gasteiger partial charge in [0.15, 0.2) is 11.5 Å². The normalized spacial score (nSPS) is 42.5. The highest BCUT2D eigenvalue weighted by Crippen LogP contribution is 2.63. The van der Waals surface area contributed by atoms with Crippen LogP contribution in [0.5, 0.6) is 11.5 Å². The Bertz CT molecular complexity index is 846. The summed E-state index contributed by atoms with van der Waals surface area (Å²) in [6.07, 6.45) is 5.68. The van der Waals surface area contributed by atoms with E-state index in [-0.39, 0.29) is 29.0 Å². The largest absolute Gasteiger partial charge is 0.504 e. The SMILES string of the molecule is C=CC(=O)[N+]1(C)CC[C@]23c4c5ccc(O)c4O[C@H]2[C@@H](O)C=C[C@H]3[C@H]1C5. The van der Waals surface area contributed by atoms with E-state index in [0.717, 1.165) is 24.0 Å². The Kier molecular flexibility index (Phi) is 2.75. The lowest BCUT2D eigenvalue weighted by Gasteiger charge is -2.58. The summed E-state index contributed by atoms with van der Waals surface area (Å²) >= 11 is 0. The van der Waals surface area contributed by atoms with E-state index in [9.17, 15) is 15.0 Å². The summed E-state index contributed by atoms with van der Waals surface area (Å²) in [6.45, 7) is 4.38. The molecule has 1 aromatic rings. The van der Waals surface area contributed by atoms with Gasteiger partial charge in [-0.2, -0.15) is 0 Å². The molecule has 5 rings (SSSR count). The topological polar surface area (TPSA) is 66.8 Å². The highest BCUT2D eigenvalue weighted by Gasteiger charge is 2.68. The van der Waals surface area contributed by atoms with Crippen molar-refractivity contribution in [2.75, 3.05) is 13.6 Å². The van der Waals surface area contributed by atoms with Crippen LogP contribution < -0.4 is 4.74 Å². The molecule has 4 aliphatic rings. The Hall–Kier alpha value is -2.11. The lowest BCUT2D eigenvalue weighted by atomic mass is 9.52. The molecule has 25 heavy (non-hydrogen) atoms. The maximum Gasteiger partial charge on any atom is 0.338 e. The van der Waals surface area contributed by atoms with Crippen molar-refractivity contribution in [2.24, 2.45) is 5.92 Å². The number of likely N-dealkylation sites (tertiary alicyclic amines) is 1. The molecule has 1 saturated heterocycles. The van der Waals surface area contributed by atoms with Crippen molar-refractivity contribution in [1.29, 1.82) is 0 Å². The number of carbonyl (C=O) groups excluding carboxylic acids is 1. The Morgan fingerprint density at radius 2 is 2.24 bits per heavy atom. The molecule has 130 valence electrons. The number of phenols is 1. The fourth-order valence-electron chi connectivity index (χ4n) is 5.90. The highest BCUT2D eigenvalue weighted by atomic mass is 16.5. The number of amides is 1. The molecule has 0 aromatic heterocycles. The van der Waals surface area contributed by atoms with Crippen LogP contribution in [0.15, 0.2) is 36.9 Å². The van der Waals surface area contributed by atoms with Crippen molar-refractivity contribution in [3.8, 4) is 11.5 Å². The molecule has 2 aliphatic carbocycles. The molecule has 2 N–H and O–H groups in total. The number of hydrogen-bond donors (Lipinski definition) is 2. The molecule has 2 heterocycles. The third kappa shape index (κ3) is 1.54. The predicted molar refractivity (Wildman–Crippen MR) is 91.2 cm³/mol. The van der Waals surface area contributed by atoms with Gasteiger partial charge in [0.1, 0.15) is 18.2 Å². The number of rotatable bonds is 1. The summed E-state index contributed by atoms with van der Waals surface area (Å²) in [6, 6.07) is 3.69. The van der Waals surface area contributed by atoms with Gasteiger partial charge in [-0.15, -0.1) is 0 Å². The van der Waals surface area contributed by atoms with E-state index in [1.165, 1.54) is 6.08 Å². The van der Waals surface area contributed by atoms with Crippen LogP contribution in [0.3, 0.4) is 0 Å². The molecule has 5 heteroatoms. The zero-order chi connectivity index (χ0) is 17.6. The van der Waals surface area contributed by atoms with E-state index < -0.39 is 12.2 Å². The number of benzene rings is 1. The molecule has 1 aromatic carbocycles. The van der Waals surface area contributed by atoms with Crippen LogP contribution in [-0.2, 0) is 16.6 Å². The molecule has 6 atom stereocenters. The van der Waals surface area contributed by atoms with Crippen molar-refractivity contribution in [2.45, 2.75) is 36.5 Å². The summed E-state index contributed by atoms with van der Waals surface area (Å²) < 4.78 is 6.45. The number of carbonyl (C=O) groups is 1. The molecular formula is C20H22NO4+. The van der Waals surface area contributed by atoms with E-state index in [1.807, 2.05) is 13.1 Å². The summed E-state index contributed by atoms with van der Waals surface area (Å²) in [5, 5.41) is 20.9. The highest BCUT2D eigenvalue weighted by molar-refractivity contribution is 5.81. The second-order valence-corrected chi connectivity index (χ2v) is 7.98. The average molecular weight is 340 g/mol. The zero-order valence-electron chi connectivity index (χ0n) is 14.2. The average Bonchev–Trinajstić information content (AvgIpc) is 2.97. The van der Waals surface area contributed by atoms with Gasteiger partial charge in [0.2, 0.25) is 0 Å². The van der Waals surface area contributed by atoms with Gasteiger partial charge in [-0.1, -0.05) is 24.8 Å². The van der Waals surface area contributed by atoms with Gasteiger partial charge >= 0.3 is 5.91 Å². The van der Waals surface area contributed by atoms with Gasteiger partial charge in [0.25, 0.3) is 0 Å². The van der Waals surface area contributed by atoms with Crippen molar-refractivity contribution in [3.63, 3.8) is 0 Å². The Balaban J connectivity index is 1.79. The van der Waals surface area contributed by atoms with Gasteiger partial charge in [-0.25, -0.2) is 4.79 Å². The molecule has 2 bridgehead atoms. The minimum atomic E-state index is -0.707. The number of quaternary nitrogens is 1. The molecule has 1 amide bonds.